The highest BCUT2D eigenvalue weighted by Crippen LogP contribution is 2.22. The monoisotopic (exact) mass is 304 g/mol. The largest absolute Gasteiger partial charge is 0.402 e. The normalized spacial score (nSPS) is 19.6. The first kappa shape index (κ1) is 16.7. The maximum atomic E-state index is 12.4. The van der Waals surface area contributed by atoms with Gasteiger partial charge in [-0.3, -0.25) is 0 Å². The Labute approximate surface area is 111 Å². The van der Waals surface area contributed by atoms with Crippen molar-refractivity contribution in [3.8, 4) is 0 Å². The standard InChI is InChI=1S/C10H19F3N2O3S/c11-10(12,13)9-15(7-8-16)19(17,18)14-5-3-1-2-4-6-14/h16H,1-9H2. The number of hydrogen-bond acceptors (Lipinski definition) is 3. The number of alkyl halides is 3. The molecule has 0 aromatic rings. The van der Waals surface area contributed by atoms with Crippen molar-refractivity contribution in [2.45, 2.75) is 31.9 Å². The van der Waals surface area contributed by atoms with Gasteiger partial charge in [-0.05, 0) is 12.8 Å². The summed E-state index contributed by atoms with van der Waals surface area (Å²) in [4.78, 5) is 0. The Morgan fingerprint density at radius 3 is 2.05 bits per heavy atom. The Hall–Kier alpha value is -0.380. The highest BCUT2D eigenvalue weighted by molar-refractivity contribution is 7.86. The first-order chi connectivity index (χ1) is 8.77. The van der Waals surface area contributed by atoms with Gasteiger partial charge in [-0.1, -0.05) is 12.8 Å². The maximum absolute atomic E-state index is 12.4. The van der Waals surface area contributed by atoms with Gasteiger partial charge >= 0.3 is 6.18 Å². The minimum Gasteiger partial charge on any atom is -0.395 e. The van der Waals surface area contributed by atoms with Crippen LogP contribution >= 0.6 is 0 Å². The zero-order chi connectivity index (χ0) is 14.5. The van der Waals surface area contributed by atoms with Crippen LogP contribution in [-0.4, -0.2) is 61.1 Å². The number of nitrogens with zero attached hydrogens (tertiary/aromatic N) is 2. The van der Waals surface area contributed by atoms with Gasteiger partial charge in [-0.25, -0.2) is 0 Å². The highest BCUT2D eigenvalue weighted by Gasteiger charge is 2.38. The fourth-order valence-electron chi connectivity index (χ4n) is 2.02. The number of aliphatic hydroxyl groups excluding tert-OH is 1. The molecule has 0 aromatic heterocycles. The first-order valence-electron chi connectivity index (χ1n) is 6.20. The zero-order valence-electron chi connectivity index (χ0n) is 10.6. The quantitative estimate of drug-likeness (QED) is 0.823. The van der Waals surface area contributed by atoms with Crippen molar-refractivity contribution in [3.05, 3.63) is 0 Å². The minimum atomic E-state index is -4.62. The molecule has 1 rings (SSSR count). The third-order valence-corrected chi connectivity index (χ3v) is 4.90. The molecule has 114 valence electrons. The van der Waals surface area contributed by atoms with Gasteiger partial charge in [-0.2, -0.15) is 30.2 Å². The third kappa shape index (κ3) is 5.25. The minimum absolute atomic E-state index is 0.238. The summed E-state index contributed by atoms with van der Waals surface area (Å²) in [5.41, 5.74) is 0. The van der Waals surface area contributed by atoms with Gasteiger partial charge in [-0.15, -0.1) is 0 Å². The van der Waals surface area contributed by atoms with Crippen LogP contribution < -0.4 is 0 Å². The molecule has 9 heteroatoms. The second-order valence-corrected chi connectivity index (χ2v) is 6.42. The van der Waals surface area contributed by atoms with Gasteiger partial charge < -0.3 is 5.11 Å². The van der Waals surface area contributed by atoms with Gasteiger partial charge in [0.15, 0.2) is 0 Å². The molecule has 0 aromatic carbocycles. The lowest BCUT2D eigenvalue weighted by Crippen LogP contribution is -2.48. The van der Waals surface area contributed by atoms with Crippen LogP contribution in [0.2, 0.25) is 0 Å². The maximum Gasteiger partial charge on any atom is 0.402 e. The molecule has 0 bridgehead atoms. The molecular formula is C10H19F3N2O3S. The van der Waals surface area contributed by atoms with Crippen LogP contribution in [0.4, 0.5) is 13.2 Å². The van der Waals surface area contributed by atoms with Crippen molar-refractivity contribution in [2.24, 2.45) is 0 Å². The van der Waals surface area contributed by atoms with Crippen molar-refractivity contribution >= 4 is 10.2 Å². The lowest BCUT2D eigenvalue weighted by atomic mass is 10.2. The predicted molar refractivity (Wildman–Crippen MR) is 63.7 cm³/mol. The fraction of sp³-hybridized carbons (Fsp3) is 1.00. The van der Waals surface area contributed by atoms with Gasteiger partial charge in [0.2, 0.25) is 0 Å². The van der Waals surface area contributed by atoms with E-state index in [0.717, 1.165) is 17.1 Å². The number of aliphatic hydroxyl groups is 1. The molecule has 0 atom stereocenters. The Kier molecular flexibility index (Phi) is 6.03. The summed E-state index contributed by atoms with van der Waals surface area (Å²) in [6, 6.07) is 0. The molecule has 1 fully saturated rings. The number of halogens is 3. The van der Waals surface area contributed by atoms with Gasteiger partial charge in [0.25, 0.3) is 10.2 Å². The van der Waals surface area contributed by atoms with Crippen molar-refractivity contribution < 1.29 is 26.7 Å². The number of rotatable bonds is 5. The average molecular weight is 304 g/mol. The van der Waals surface area contributed by atoms with E-state index < -0.39 is 36.1 Å². The molecule has 0 aliphatic carbocycles. The summed E-state index contributed by atoms with van der Waals surface area (Å²) >= 11 is 0. The van der Waals surface area contributed by atoms with Crippen molar-refractivity contribution in [1.82, 2.24) is 8.61 Å². The molecule has 1 aliphatic heterocycles. The molecule has 0 radical (unpaired) electrons. The van der Waals surface area contributed by atoms with Crippen LogP contribution in [0, 0.1) is 0 Å². The molecule has 1 saturated heterocycles. The number of hydrogen-bond donors (Lipinski definition) is 1. The van der Waals surface area contributed by atoms with E-state index in [1.165, 1.54) is 0 Å². The summed E-state index contributed by atoms with van der Waals surface area (Å²) in [5.74, 6) is 0. The van der Waals surface area contributed by atoms with Crippen LogP contribution in [0.1, 0.15) is 25.7 Å². The van der Waals surface area contributed by atoms with E-state index in [-0.39, 0.29) is 13.1 Å². The summed E-state index contributed by atoms with van der Waals surface area (Å²) in [6.07, 6.45) is -1.55. The molecule has 1 aliphatic rings. The molecular weight excluding hydrogens is 285 g/mol. The summed E-state index contributed by atoms with van der Waals surface area (Å²) < 4.78 is 62.9. The average Bonchev–Trinajstić information content (AvgIpc) is 2.55. The van der Waals surface area contributed by atoms with Crippen molar-refractivity contribution in [2.75, 3.05) is 32.8 Å². The smallest absolute Gasteiger partial charge is 0.395 e. The second kappa shape index (κ2) is 6.87. The molecule has 0 saturated carbocycles. The first-order valence-corrected chi connectivity index (χ1v) is 7.60. The molecule has 1 heterocycles. The predicted octanol–water partition coefficient (Wildman–Crippen LogP) is 0.964. The lowest BCUT2D eigenvalue weighted by Gasteiger charge is -2.29. The van der Waals surface area contributed by atoms with Crippen LogP contribution in [0.5, 0.6) is 0 Å². The topological polar surface area (TPSA) is 60.9 Å². The fourth-order valence-corrected chi connectivity index (χ4v) is 3.69. The van der Waals surface area contributed by atoms with E-state index in [9.17, 15) is 21.6 Å². The van der Waals surface area contributed by atoms with Gasteiger partial charge in [0.1, 0.15) is 6.54 Å². The Morgan fingerprint density at radius 2 is 1.63 bits per heavy atom. The van der Waals surface area contributed by atoms with E-state index in [2.05, 4.69) is 0 Å². The van der Waals surface area contributed by atoms with Crippen molar-refractivity contribution in [3.63, 3.8) is 0 Å². The molecule has 0 spiro atoms. The van der Waals surface area contributed by atoms with E-state index >= 15 is 0 Å². The summed E-state index contributed by atoms with van der Waals surface area (Å²) in [7, 11) is -4.16. The van der Waals surface area contributed by atoms with Crippen LogP contribution in [-0.2, 0) is 10.2 Å². The van der Waals surface area contributed by atoms with Crippen LogP contribution in [0.25, 0.3) is 0 Å². The van der Waals surface area contributed by atoms with Crippen LogP contribution in [0.15, 0.2) is 0 Å². The Balaban J connectivity index is 2.84. The van der Waals surface area contributed by atoms with Gasteiger partial charge in [0.05, 0.1) is 6.61 Å². The molecule has 1 N–H and O–H groups in total. The second-order valence-electron chi connectivity index (χ2n) is 4.49. The van der Waals surface area contributed by atoms with E-state index in [1.54, 1.807) is 0 Å². The van der Waals surface area contributed by atoms with Crippen molar-refractivity contribution in [1.29, 1.82) is 0 Å². The molecule has 5 nitrogen and oxygen atoms in total. The van der Waals surface area contributed by atoms with E-state index in [4.69, 9.17) is 5.11 Å². The molecule has 19 heavy (non-hydrogen) atoms. The molecule has 0 amide bonds. The zero-order valence-corrected chi connectivity index (χ0v) is 11.4. The van der Waals surface area contributed by atoms with Gasteiger partial charge in [0, 0.05) is 19.6 Å². The van der Waals surface area contributed by atoms with E-state index in [0.29, 0.717) is 17.1 Å². The lowest BCUT2D eigenvalue weighted by molar-refractivity contribution is -0.137. The highest BCUT2D eigenvalue weighted by atomic mass is 32.2. The molecule has 0 unspecified atom stereocenters. The van der Waals surface area contributed by atoms with Crippen LogP contribution in [0.3, 0.4) is 0 Å². The Bertz CT molecular complexity index is 365. The summed E-state index contributed by atoms with van der Waals surface area (Å²) in [6.45, 7) is -2.27. The van der Waals surface area contributed by atoms with E-state index in [1.807, 2.05) is 0 Å². The Morgan fingerprint density at radius 1 is 1.11 bits per heavy atom. The third-order valence-electron chi connectivity index (χ3n) is 2.92. The SMILES string of the molecule is O=S(=O)(N1CCCCCC1)N(CCO)CC(F)(F)F. The summed E-state index contributed by atoms with van der Waals surface area (Å²) in [5, 5.41) is 8.76.